The topological polar surface area (TPSA) is 58.9 Å². The standard InChI is InChI=1S/C17H22N2O2/c1-2-3-4-5-6-7-8-16-10-9-15(12-18-13-20)11-17(16)19-14-21/h9-11H,2-8,12H2,1H3. The van der Waals surface area contributed by atoms with E-state index in [1.807, 2.05) is 12.1 Å². The Labute approximate surface area is 126 Å². The molecule has 0 aliphatic carbocycles. The lowest BCUT2D eigenvalue weighted by atomic mass is 10.0. The second-order valence-electron chi connectivity index (χ2n) is 5.09. The van der Waals surface area contributed by atoms with Crippen LogP contribution >= 0.6 is 0 Å². The summed E-state index contributed by atoms with van der Waals surface area (Å²) in [6.45, 7) is 2.47. The van der Waals surface area contributed by atoms with Crippen LogP contribution in [0.4, 0.5) is 5.69 Å². The fourth-order valence-electron chi connectivity index (χ4n) is 2.29. The van der Waals surface area contributed by atoms with Crippen LogP contribution in [0.15, 0.2) is 28.2 Å². The summed E-state index contributed by atoms with van der Waals surface area (Å²) in [5.41, 5.74) is 2.53. The molecule has 0 atom stereocenters. The maximum absolute atomic E-state index is 10.5. The van der Waals surface area contributed by atoms with Crippen LogP contribution in [0.5, 0.6) is 0 Å². The summed E-state index contributed by atoms with van der Waals surface area (Å²) >= 11 is 0. The maximum Gasteiger partial charge on any atom is 0.240 e. The van der Waals surface area contributed by atoms with Gasteiger partial charge in [-0.3, -0.25) is 0 Å². The van der Waals surface area contributed by atoms with Crippen molar-refractivity contribution in [3.63, 3.8) is 0 Å². The van der Waals surface area contributed by atoms with E-state index in [0.717, 1.165) is 24.0 Å². The van der Waals surface area contributed by atoms with Crippen molar-refractivity contribution in [3.8, 4) is 0 Å². The predicted octanol–water partition coefficient (Wildman–Crippen LogP) is 4.39. The van der Waals surface area contributed by atoms with Gasteiger partial charge in [-0.05, 0) is 30.0 Å². The molecule has 4 nitrogen and oxygen atoms in total. The number of aryl methyl sites for hydroxylation is 1. The zero-order chi connectivity index (χ0) is 15.3. The van der Waals surface area contributed by atoms with Crippen molar-refractivity contribution in [1.82, 2.24) is 0 Å². The number of unbranched alkanes of at least 4 members (excludes halogenated alkanes) is 5. The molecular weight excluding hydrogens is 264 g/mol. The first kappa shape index (κ1) is 17.0. The first-order chi connectivity index (χ1) is 10.3. The van der Waals surface area contributed by atoms with Gasteiger partial charge in [-0.25, -0.2) is 14.6 Å². The highest BCUT2D eigenvalue weighted by Gasteiger charge is 2.04. The fraction of sp³-hybridized carbons (Fsp3) is 0.529. The van der Waals surface area contributed by atoms with Crippen LogP contribution in [0.3, 0.4) is 0 Å². The van der Waals surface area contributed by atoms with Crippen molar-refractivity contribution >= 4 is 17.8 Å². The number of nitrogens with zero attached hydrogens (tertiary/aromatic N) is 2. The summed E-state index contributed by atoms with van der Waals surface area (Å²) < 4.78 is 0. The van der Waals surface area contributed by atoms with Crippen LogP contribution in [-0.2, 0) is 22.6 Å². The lowest BCUT2D eigenvalue weighted by molar-refractivity contribution is 0.562. The molecule has 0 saturated heterocycles. The van der Waals surface area contributed by atoms with Crippen LogP contribution in [-0.4, -0.2) is 12.2 Å². The lowest BCUT2D eigenvalue weighted by Crippen LogP contribution is -1.90. The van der Waals surface area contributed by atoms with Gasteiger partial charge in [-0.1, -0.05) is 51.2 Å². The molecule has 0 bridgehead atoms. The van der Waals surface area contributed by atoms with Crippen molar-refractivity contribution in [1.29, 1.82) is 0 Å². The number of hydrogen-bond acceptors (Lipinski definition) is 4. The minimum atomic E-state index is 0.266. The molecule has 21 heavy (non-hydrogen) atoms. The van der Waals surface area contributed by atoms with E-state index in [2.05, 4.69) is 16.9 Å². The normalized spacial score (nSPS) is 9.76. The van der Waals surface area contributed by atoms with Crippen molar-refractivity contribution in [2.24, 2.45) is 9.98 Å². The van der Waals surface area contributed by atoms with E-state index in [-0.39, 0.29) is 6.54 Å². The Bertz CT molecular complexity index is 528. The van der Waals surface area contributed by atoms with E-state index in [4.69, 9.17) is 0 Å². The fourth-order valence-corrected chi connectivity index (χ4v) is 2.29. The highest BCUT2D eigenvalue weighted by atomic mass is 16.1. The minimum Gasteiger partial charge on any atom is -0.211 e. The summed E-state index contributed by atoms with van der Waals surface area (Å²) in [4.78, 5) is 27.9. The zero-order valence-corrected chi connectivity index (χ0v) is 12.6. The summed E-state index contributed by atoms with van der Waals surface area (Å²) in [6, 6.07) is 5.66. The molecule has 0 unspecified atom stereocenters. The minimum absolute atomic E-state index is 0.266. The Balaban J connectivity index is 2.59. The maximum atomic E-state index is 10.5. The summed E-state index contributed by atoms with van der Waals surface area (Å²) in [7, 11) is 0. The largest absolute Gasteiger partial charge is 0.240 e. The van der Waals surface area contributed by atoms with E-state index in [0.29, 0.717) is 5.69 Å². The first-order valence-corrected chi connectivity index (χ1v) is 7.55. The Morgan fingerprint density at radius 3 is 2.48 bits per heavy atom. The van der Waals surface area contributed by atoms with Crippen molar-refractivity contribution < 1.29 is 9.59 Å². The monoisotopic (exact) mass is 286 g/mol. The smallest absolute Gasteiger partial charge is 0.211 e. The number of aliphatic imine (C=N–C) groups is 2. The van der Waals surface area contributed by atoms with E-state index in [9.17, 15) is 9.59 Å². The second-order valence-corrected chi connectivity index (χ2v) is 5.09. The highest BCUT2D eigenvalue weighted by molar-refractivity contribution is 5.55. The average molecular weight is 286 g/mol. The van der Waals surface area contributed by atoms with E-state index in [1.165, 1.54) is 38.2 Å². The third kappa shape index (κ3) is 6.80. The molecule has 1 aromatic carbocycles. The SMILES string of the molecule is CCCCCCCCc1ccc(CN=C=O)cc1N=C=O. The molecule has 0 heterocycles. The van der Waals surface area contributed by atoms with E-state index < -0.39 is 0 Å². The Morgan fingerprint density at radius 2 is 1.76 bits per heavy atom. The molecule has 1 rings (SSSR count). The Hall–Kier alpha value is -2.02. The highest BCUT2D eigenvalue weighted by Crippen LogP contribution is 2.23. The molecule has 0 amide bonds. The molecule has 0 N–H and O–H groups in total. The molecule has 0 aliphatic rings. The van der Waals surface area contributed by atoms with Gasteiger partial charge in [0.05, 0.1) is 12.2 Å². The van der Waals surface area contributed by atoms with Gasteiger partial charge in [0.2, 0.25) is 12.2 Å². The number of hydrogen-bond donors (Lipinski definition) is 0. The van der Waals surface area contributed by atoms with Crippen LogP contribution in [0.25, 0.3) is 0 Å². The number of carbonyl (C=O) groups excluding carboxylic acids is 2. The molecule has 0 aromatic heterocycles. The summed E-state index contributed by atoms with van der Waals surface area (Å²) in [5.74, 6) is 0. The molecule has 0 aliphatic heterocycles. The Kier molecular flexibility index (Phi) is 8.70. The number of isocyanates is 2. The lowest BCUT2D eigenvalue weighted by Gasteiger charge is -2.06. The Morgan fingerprint density at radius 1 is 1.00 bits per heavy atom. The molecule has 0 radical (unpaired) electrons. The van der Waals surface area contributed by atoms with Gasteiger partial charge in [0.25, 0.3) is 0 Å². The van der Waals surface area contributed by atoms with Crippen molar-refractivity contribution in [3.05, 3.63) is 29.3 Å². The third-order valence-electron chi connectivity index (χ3n) is 3.44. The molecule has 0 saturated carbocycles. The summed E-state index contributed by atoms with van der Waals surface area (Å²) in [5, 5.41) is 0. The second kappa shape index (κ2) is 10.7. The average Bonchev–Trinajstić information content (AvgIpc) is 2.50. The number of rotatable bonds is 10. The van der Waals surface area contributed by atoms with Gasteiger partial charge in [0.15, 0.2) is 0 Å². The van der Waals surface area contributed by atoms with E-state index >= 15 is 0 Å². The van der Waals surface area contributed by atoms with Gasteiger partial charge in [0.1, 0.15) is 0 Å². The molecular formula is C17H22N2O2. The summed E-state index contributed by atoms with van der Waals surface area (Å²) in [6.07, 6.45) is 11.4. The molecule has 1 aromatic rings. The quantitative estimate of drug-likeness (QED) is 0.364. The van der Waals surface area contributed by atoms with Gasteiger partial charge in [0, 0.05) is 0 Å². The first-order valence-electron chi connectivity index (χ1n) is 7.55. The van der Waals surface area contributed by atoms with E-state index in [1.54, 1.807) is 12.1 Å². The molecule has 112 valence electrons. The zero-order valence-electron chi connectivity index (χ0n) is 12.6. The molecule has 0 fully saturated rings. The van der Waals surface area contributed by atoms with Gasteiger partial charge < -0.3 is 0 Å². The van der Waals surface area contributed by atoms with Crippen LogP contribution in [0.2, 0.25) is 0 Å². The van der Waals surface area contributed by atoms with Gasteiger partial charge in [-0.15, -0.1) is 0 Å². The molecule has 4 heteroatoms. The van der Waals surface area contributed by atoms with Gasteiger partial charge >= 0.3 is 0 Å². The van der Waals surface area contributed by atoms with Crippen LogP contribution < -0.4 is 0 Å². The molecule has 0 spiro atoms. The van der Waals surface area contributed by atoms with Crippen molar-refractivity contribution in [2.75, 3.05) is 0 Å². The number of benzene rings is 1. The predicted molar refractivity (Wildman–Crippen MR) is 83.1 cm³/mol. The van der Waals surface area contributed by atoms with Gasteiger partial charge in [-0.2, -0.15) is 4.99 Å². The van der Waals surface area contributed by atoms with Crippen LogP contribution in [0.1, 0.15) is 56.6 Å². The van der Waals surface area contributed by atoms with Crippen LogP contribution in [0, 0.1) is 0 Å². The van der Waals surface area contributed by atoms with Crippen molar-refractivity contribution in [2.45, 2.75) is 58.4 Å². The third-order valence-corrected chi connectivity index (χ3v) is 3.44.